The Kier molecular flexibility index (Phi) is 4.89. The van der Waals surface area contributed by atoms with Crippen molar-refractivity contribution < 1.29 is 4.42 Å². The summed E-state index contributed by atoms with van der Waals surface area (Å²) < 4.78 is 5.08. The van der Waals surface area contributed by atoms with Crippen molar-refractivity contribution in [2.45, 2.75) is 52.6 Å². The molecular formula is C13H23NO. The fourth-order valence-electron chi connectivity index (χ4n) is 1.88. The maximum atomic E-state index is 5.08. The number of hydrogen-bond donors (Lipinski definition) is 1. The zero-order chi connectivity index (χ0) is 11.3. The first-order valence-electron chi connectivity index (χ1n) is 5.91. The van der Waals surface area contributed by atoms with E-state index in [0.717, 1.165) is 5.92 Å². The summed E-state index contributed by atoms with van der Waals surface area (Å²) in [4.78, 5) is 0. The van der Waals surface area contributed by atoms with Crippen LogP contribution in [0.15, 0.2) is 23.0 Å². The van der Waals surface area contributed by atoms with Crippen LogP contribution in [-0.2, 0) is 0 Å². The Morgan fingerprint density at radius 2 is 2.07 bits per heavy atom. The molecule has 0 aliphatic rings. The summed E-state index contributed by atoms with van der Waals surface area (Å²) in [6, 6.07) is 2.96. The minimum absolute atomic E-state index is 0.378. The quantitative estimate of drug-likeness (QED) is 0.771. The van der Waals surface area contributed by atoms with Gasteiger partial charge in [0.25, 0.3) is 0 Å². The predicted molar refractivity (Wildman–Crippen MR) is 63.8 cm³/mol. The summed E-state index contributed by atoms with van der Waals surface area (Å²) in [6.45, 7) is 8.98. The summed E-state index contributed by atoms with van der Waals surface area (Å²) in [7, 11) is 0. The first kappa shape index (κ1) is 12.3. The van der Waals surface area contributed by atoms with Gasteiger partial charge in [-0.2, -0.15) is 0 Å². The molecule has 0 spiro atoms. The third-order valence-electron chi connectivity index (χ3n) is 3.03. The highest BCUT2D eigenvalue weighted by molar-refractivity contribution is 5.10. The molecule has 0 aliphatic heterocycles. The average molecular weight is 209 g/mol. The van der Waals surface area contributed by atoms with Gasteiger partial charge in [0.2, 0.25) is 0 Å². The number of rotatable bonds is 6. The highest BCUT2D eigenvalue weighted by Crippen LogP contribution is 2.16. The molecule has 0 radical (unpaired) electrons. The smallest absolute Gasteiger partial charge is 0.0950 e. The van der Waals surface area contributed by atoms with Crippen LogP contribution in [0.3, 0.4) is 0 Å². The largest absolute Gasteiger partial charge is 0.472 e. The summed E-state index contributed by atoms with van der Waals surface area (Å²) in [5, 5.41) is 3.59. The van der Waals surface area contributed by atoms with Crippen LogP contribution in [-0.4, -0.2) is 6.04 Å². The van der Waals surface area contributed by atoms with Crippen LogP contribution in [0.1, 0.15) is 52.1 Å². The van der Waals surface area contributed by atoms with Crippen LogP contribution in [0.4, 0.5) is 0 Å². The number of hydrogen-bond acceptors (Lipinski definition) is 2. The molecule has 0 bridgehead atoms. The van der Waals surface area contributed by atoms with Gasteiger partial charge in [-0.05, 0) is 32.3 Å². The van der Waals surface area contributed by atoms with Crippen LogP contribution < -0.4 is 5.32 Å². The highest BCUT2D eigenvalue weighted by Gasteiger charge is 2.12. The summed E-state index contributed by atoms with van der Waals surface area (Å²) in [5.41, 5.74) is 1.23. The van der Waals surface area contributed by atoms with Gasteiger partial charge >= 0.3 is 0 Å². The van der Waals surface area contributed by atoms with Gasteiger partial charge in [-0.25, -0.2) is 0 Å². The lowest BCUT2D eigenvalue weighted by atomic mass is 9.99. The van der Waals surface area contributed by atoms with Crippen molar-refractivity contribution >= 4 is 0 Å². The zero-order valence-corrected chi connectivity index (χ0v) is 10.3. The van der Waals surface area contributed by atoms with Crippen molar-refractivity contribution in [3.63, 3.8) is 0 Å². The van der Waals surface area contributed by atoms with E-state index in [1.807, 2.05) is 12.3 Å². The topological polar surface area (TPSA) is 25.2 Å². The Labute approximate surface area is 93.1 Å². The molecule has 0 amide bonds. The molecule has 2 heteroatoms. The molecular weight excluding hydrogens is 186 g/mol. The van der Waals surface area contributed by atoms with Crippen molar-refractivity contribution in [1.29, 1.82) is 0 Å². The minimum Gasteiger partial charge on any atom is -0.472 e. The van der Waals surface area contributed by atoms with Crippen molar-refractivity contribution in [3.05, 3.63) is 24.2 Å². The molecule has 86 valence electrons. The van der Waals surface area contributed by atoms with Gasteiger partial charge < -0.3 is 9.73 Å². The Morgan fingerprint density at radius 1 is 1.33 bits per heavy atom. The van der Waals surface area contributed by atoms with E-state index in [1.54, 1.807) is 6.26 Å². The molecule has 2 nitrogen and oxygen atoms in total. The van der Waals surface area contributed by atoms with E-state index in [1.165, 1.54) is 18.4 Å². The van der Waals surface area contributed by atoms with Crippen molar-refractivity contribution in [2.24, 2.45) is 5.92 Å². The Hall–Kier alpha value is -0.760. The third-order valence-corrected chi connectivity index (χ3v) is 3.03. The van der Waals surface area contributed by atoms with Gasteiger partial charge in [0.1, 0.15) is 0 Å². The molecule has 1 rings (SSSR count). The SMILES string of the molecule is CCC(C)CC(C)NC(C)c1ccoc1. The number of nitrogens with one attached hydrogen (secondary N) is 1. The molecule has 0 saturated heterocycles. The molecule has 3 unspecified atom stereocenters. The zero-order valence-electron chi connectivity index (χ0n) is 10.3. The highest BCUT2D eigenvalue weighted by atomic mass is 16.3. The Morgan fingerprint density at radius 3 is 2.60 bits per heavy atom. The molecule has 1 aromatic rings. The Bertz CT molecular complexity index is 256. The van der Waals surface area contributed by atoms with Crippen LogP contribution in [0.2, 0.25) is 0 Å². The van der Waals surface area contributed by atoms with E-state index >= 15 is 0 Å². The first-order chi connectivity index (χ1) is 7.13. The molecule has 1 heterocycles. The van der Waals surface area contributed by atoms with Gasteiger partial charge in [-0.3, -0.25) is 0 Å². The maximum absolute atomic E-state index is 5.08. The predicted octanol–water partition coefficient (Wildman–Crippen LogP) is 3.75. The van der Waals surface area contributed by atoms with Gasteiger partial charge in [0, 0.05) is 17.6 Å². The van der Waals surface area contributed by atoms with E-state index < -0.39 is 0 Å². The molecule has 15 heavy (non-hydrogen) atoms. The van der Waals surface area contributed by atoms with E-state index in [4.69, 9.17) is 4.42 Å². The summed E-state index contributed by atoms with van der Waals surface area (Å²) in [6.07, 6.45) is 6.03. The second-order valence-electron chi connectivity index (χ2n) is 4.60. The second-order valence-corrected chi connectivity index (χ2v) is 4.60. The molecule has 1 aromatic heterocycles. The lowest BCUT2D eigenvalue weighted by Gasteiger charge is -2.21. The molecule has 1 N–H and O–H groups in total. The lowest BCUT2D eigenvalue weighted by molar-refractivity contribution is 0.384. The first-order valence-corrected chi connectivity index (χ1v) is 5.91. The maximum Gasteiger partial charge on any atom is 0.0950 e. The van der Waals surface area contributed by atoms with Crippen molar-refractivity contribution in [3.8, 4) is 0 Å². The lowest BCUT2D eigenvalue weighted by Crippen LogP contribution is -2.30. The van der Waals surface area contributed by atoms with Gasteiger partial charge in [-0.15, -0.1) is 0 Å². The van der Waals surface area contributed by atoms with Gasteiger partial charge in [-0.1, -0.05) is 20.3 Å². The average Bonchev–Trinajstić information content (AvgIpc) is 2.70. The second kappa shape index (κ2) is 5.96. The van der Waals surface area contributed by atoms with Gasteiger partial charge in [0.05, 0.1) is 12.5 Å². The van der Waals surface area contributed by atoms with Crippen LogP contribution in [0.25, 0.3) is 0 Å². The Balaban J connectivity index is 2.34. The fraction of sp³-hybridized carbons (Fsp3) is 0.692. The van der Waals surface area contributed by atoms with Gasteiger partial charge in [0.15, 0.2) is 0 Å². The molecule has 0 fully saturated rings. The molecule has 0 saturated carbocycles. The van der Waals surface area contributed by atoms with Crippen molar-refractivity contribution in [1.82, 2.24) is 5.32 Å². The summed E-state index contributed by atoms with van der Waals surface area (Å²) >= 11 is 0. The monoisotopic (exact) mass is 209 g/mol. The fourth-order valence-corrected chi connectivity index (χ4v) is 1.88. The standard InChI is InChI=1S/C13H23NO/c1-5-10(2)8-11(3)14-12(4)13-6-7-15-9-13/h6-7,9-12,14H,5,8H2,1-4H3. The summed E-state index contributed by atoms with van der Waals surface area (Å²) in [5.74, 6) is 0.795. The van der Waals surface area contributed by atoms with E-state index in [2.05, 4.69) is 33.0 Å². The normalized spacial score (nSPS) is 17.3. The molecule has 0 aliphatic carbocycles. The van der Waals surface area contributed by atoms with Crippen LogP contribution in [0.5, 0.6) is 0 Å². The minimum atomic E-state index is 0.378. The van der Waals surface area contributed by atoms with Crippen LogP contribution in [0, 0.1) is 5.92 Å². The van der Waals surface area contributed by atoms with Crippen LogP contribution >= 0.6 is 0 Å². The van der Waals surface area contributed by atoms with E-state index in [-0.39, 0.29) is 0 Å². The third kappa shape index (κ3) is 4.08. The molecule has 0 aromatic carbocycles. The van der Waals surface area contributed by atoms with E-state index in [9.17, 15) is 0 Å². The van der Waals surface area contributed by atoms with Crippen molar-refractivity contribution in [2.75, 3.05) is 0 Å². The van der Waals surface area contributed by atoms with E-state index in [0.29, 0.717) is 12.1 Å². The molecule has 3 atom stereocenters. The number of furan rings is 1.